The smallest absolute Gasteiger partial charge is 0.254 e. The van der Waals surface area contributed by atoms with Gasteiger partial charge in [0.2, 0.25) is 5.91 Å². The minimum atomic E-state index is -0.713. The Morgan fingerprint density at radius 2 is 1.84 bits per heavy atom. The van der Waals surface area contributed by atoms with Gasteiger partial charge in [-0.2, -0.15) is 0 Å². The van der Waals surface area contributed by atoms with E-state index in [2.05, 4.69) is 0 Å². The number of hydrogen-bond acceptors (Lipinski definition) is 2. The highest BCUT2D eigenvalue weighted by atomic mass is 35.5. The highest BCUT2D eigenvalue weighted by molar-refractivity contribution is 6.42. The van der Waals surface area contributed by atoms with Gasteiger partial charge in [0.25, 0.3) is 5.91 Å². The minimum absolute atomic E-state index is 0.219. The second-order valence-electron chi connectivity index (χ2n) is 5.74. The van der Waals surface area contributed by atoms with Crippen molar-refractivity contribution in [3.63, 3.8) is 0 Å². The maximum absolute atomic E-state index is 14.0. The Morgan fingerprint density at radius 3 is 2.52 bits per heavy atom. The van der Waals surface area contributed by atoms with E-state index in [1.807, 2.05) is 0 Å². The Labute approximate surface area is 154 Å². The molecule has 1 heterocycles. The minimum Gasteiger partial charge on any atom is -0.325 e. The average molecular weight is 381 g/mol. The molecule has 25 heavy (non-hydrogen) atoms. The second kappa shape index (κ2) is 7.02. The highest BCUT2D eigenvalue weighted by Gasteiger charge is 2.36. The van der Waals surface area contributed by atoms with Gasteiger partial charge in [-0.15, -0.1) is 0 Å². The molecule has 0 bridgehead atoms. The molecule has 1 unspecified atom stereocenters. The molecule has 1 aliphatic heterocycles. The van der Waals surface area contributed by atoms with Gasteiger partial charge >= 0.3 is 0 Å². The van der Waals surface area contributed by atoms with E-state index in [1.54, 1.807) is 37.3 Å². The Balaban J connectivity index is 1.83. The van der Waals surface area contributed by atoms with Gasteiger partial charge in [0, 0.05) is 18.7 Å². The number of piperazine rings is 1. The summed E-state index contributed by atoms with van der Waals surface area (Å²) < 4.78 is 14.0. The molecule has 0 radical (unpaired) electrons. The maximum atomic E-state index is 14.0. The summed E-state index contributed by atoms with van der Waals surface area (Å²) in [4.78, 5) is 28.2. The number of carbonyl (C=O) groups excluding carboxylic acids is 2. The lowest BCUT2D eigenvalue weighted by atomic mass is 10.1. The molecule has 0 aromatic heterocycles. The lowest BCUT2D eigenvalue weighted by Crippen LogP contribution is -2.58. The van der Waals surface area contributed by atoms with Gasteiger partial charge in [-0.25, -0.2) is 4.39 Å². The van der Waals surface area contributed by atoms with Crippen molar-refractivity contribution in [2.75, 3.05) is 18.0 Å². The van der Waals surface area contributed by atoms with Crippen LogP contribution in [0, 0.1) is 5.82 Å². The number of halogens is 3. The van der Waals surface area contributed by atoms with Gasteiger partial charge in [-0.1, -0.05) is 35.3 Å². The van der Waals surface area contributed by atoms with Crippen molar-refractivity contribution in [1.82, 2.24) is 4.90 Å². The summed E-state index contributed by atoms with van der Waals surface area (Å²) in [5.41, 5.74) is 0.578. The van der Waals surface area contributed by atoms with Gasteiger partial charge < -0.3 is 9.80 Å². The van der Waals surface area contributed by atoms with E-state index in [0.29, 0.717) is 17.1 Å². The molecule has 7 heteroatoms. The molecule has 1 fully saturated rings. The van der Waals surface area contributed by atoms with Crippen LogP contribution in [0.25, 0.3) is 0 Å². The number of nitrogens with zero attached hydrogens (tertiary/aromatic N) is 2. The Hall–Kier alpha value is -2.11. The number of carbonyl (C=O) groups is 2. The lowest BCUT2D eigenvalue weighted by molar-refractivity contribution is -0.124. The van der Waals surface area contributed by atoms with Gasteiger partial charge in [-0.3, -0.25) is 9.59 Å². The third kappa shape index (κ3) is 3.34. The molecule has 2 aromatic carbocycles. The van der Waals surface area contributed by atoms with Crippen LogP contribution in [0.5, 0.6) is 0 Å². The first-order valence-corrected chi connectivity index (χ1v) is 8.47. The van der Waals surface area contributed by atoms with E-state index >= 15 is 0 Å². The van der Waals surface area contributed by atoms with E-state index in [9.17, 15) is 14.0 Å². The van der Waals surface area contributed by atoms with Gasteiger partial charge in [-0.05, 0) is 37.3 Å². The number of benzene rings is 2. The zero-order valence-electron chi connectivity index (χ0n) is 13.4. The van der Waals surface area contributed by atoms with Crippen LogP contribution in [0.3, 0.4) is 0 Å². The zero-order valence-corrected chi connectivity index (χ0v) is 14.9. The Morgan fingerprint density at radius 1 is 1.12 bits per heavy atom. The van der Waals surface area contributed by atoms with Crippen LogP contribution in [0.2, 0.25) is 10.0 Å². The number of amides is 2. The van der Waals surface area contributed by atoms with Crippen LogP contribution in [0.15, 0.2) is 42.5 Å². The summed E-state index contributed by atoms with van der Waals surface area (Å²) in [5, 5.41) is 0.628. The van der Waals surface area contributed by atoms with Crippen molar-refractivity contribution in [2.45, 2.75) is 13.0 Å². The van der Waals surface area contributed by atoms with Crippen molar-refractivity contribution in [3.05, 3.63) is 63.9 Å². The maximum Gasteiger partial charge on any atom is 0.254 e. The van der Waals surface area contributed by atoms with Crippen LogP contribution < -0.4 is 4.90 Å². The number of anilines is 1. The quantitative estimate of drug-likeness (QED) is 0.789. The number of para-hydroxylation sites is 1. The molecule has 0 spiro atoms. The van der Waals surface area contributed by atoms with Crippen LogP contribution in [0.1, 0.15) is 17.3 Å². The number of rotatable bonds is 2. The summed E-state index contributed by atoms with van der Waals surface area (Å²) in [5.74, 6) is -1.11. The second-order valence-corrected chi connectivity index (χ2v) is 6.56. The zero-order chi connectivity index (χ0) is 18.1. The Bertz CT molecular complexity index is 844. The van der Waals surface area contributed by atoms with E-state index in [1.165, 1.54) is 21.9 Å². The van der Waals surface area contributed by atoms with Crippen molar-refractivity contribution in [1.29, 1.82) is 0 Å². The molecular weight excluding hydrogens is 366 g/mol. The molecule has 2 aromatic rings. The Kier molecular flexibility index (Phi) is 4.97. The fourth-order valence-corrected chi connectivity index (χ4v) is 3.15. The van der Waals surface area contributed by atoms with Gasteiger partial charge in [0.1, 0.15) is 11.9 Å². The first-order chi connectivity index (χ1) is 11.9. The fourth-order valence-electron chi connectivity index (χ4n) is 2.85. The van der Waals surface area contributed by atoms with Crippen molar-refractivity contribution < 1.29 is 14.0 Å². The molecule has 0 aliphatic carbocycles. The van der Waals surface area contributed by atoms with Crippen LogP contribution >= 0.6 is 23.2 Å². The molecule has 0 saturated carbocycles. The molecule has 3 rings (SSSR count). The standard InChI is InChI=1S/C18H15Cl2FN2O2/c1-11-17(24)23(16-5-3-2-4-15(16)21)9-8-22(11)18(25)12-6-7-13(19)14(20)10-12/h2-7,10-11H,8-9H2,1H3. The molecule has 130 valence electrons. The van der Waals surface area contributed by atoms with Crippen molar-refractivity contribution in [2.24, 2.45) is 0 Å². The molecule has 4 nitrogen and oxygen atoms in total. The molecule has 2 amide bonds. The molecular formula is C18H15Cl2FN2O2. The molecule has 1 atom stereocenters. The highest BCUT2D eigenvalue weighted by Crippen LogP contribution is 2.26. The van der Waals surface area contributed by atoms with E-state index < -0.39 is 11.9 Å². The third-order valence-electron chi connectivity index (χ3n) is 4.23. The predicted molar refractivity (Wildman–Crippen MR) is 95.7 cm³/mol. The fraction of sp³-hybridized carbons (Fsp3) is 0.222. The summed E-state index contributed by atoms with van der Waals surface area (Å²) >= 11 is 11.8. The first kappa shape index (κ1) is 17.7. The van der Waals surface area contributed by atoms with Gasteiger partial charge in [0.15, 0.2) is 0 Å². The first-order valence-electron chi connectivity index (χ1n) is 7.72. The summed E-state index contributed by atoms with van der Waals surface area (Å²) in [6.45, 7) is 2.14. The SMILES string of the molecule is CC1C(=O)N(c2ccccc2F)CCN1C(=O)c1ccc(Cl)c(Cl)c1. The van der Waals surface area contributed by atoms with E-state index in [-0.39, 0.29) is 29.1 Å². The van der Waals surface area contributed by atoms with Crippen LogP contribution in [0.4, 0.5) is 10.1 Å². The van der Waals surface area contributed by atoms with Crippen molar-refractivity contribution in [3.8, 4) is 0 Å². The normalized spacial score (nSPS) is 17.8. The summed E-state index contributed by atoms with van der Waals surface area (Å²) in [6, 6.07) is 9.97. The average Bonchev–Trinajstić information content (AvgIpc) is 2.60. The monoisotopic (exact) mass is 380 g/mol. The molecule has 1 saturated heterocycles. The van der Waals surface area contributed by atoms with Crippen LogP contribution in [-0.2, 0) is 4.79 Å². The summed E-state index contributed by atoms with van der Waals surface area (Å²) in [7, 11) is 0. The van der Waals surface area contributed by atoms with Crippen LogP contribution in [-0.4, -0.2) is 35.8 Å². The molecule has 1 aliphatic rings. The molecule has 0 N–H and O–H groups in total. The third-order valence-corrected chi connectivity index (χ3v) is 4.97. The van der Waals surface area contributed by atoms with E-state index in [0.717, 1.165) is 0 Å². The lowest BCUT2D eigenvalue weighted by Gasteiger charge is -2.39. The summed E-state index contributed by atoms with van der Waals surface area (Å²) in [6.07, 6.45) is 0. The van der Waals surface area contributed by atoms with Crippen molar-refractivity contribution >= 4 is 40.7 Å². The predicted octanol–water partition coefficient (Wildman–Crippen LogP) is 4.01. The number of hydrogen-bond donors (Lipinski definition) is 0. The topological polar surface area (TPSA) is 40.6 Å². The largest absolute Gasteiger partial charge is 0.325 e. The van der Waals surface area contributed by atoms with Gasteiger partial charge in [0.05, 0.1) is 15.7 Å². The van der Waals surface area contributed by atoms with E-state index in [4.69, 9.17) is 23.2 Å².